The molecule has 1 aromatic rings. The quantitative estimate of drug-likeness (QED) is 0.801. The van der Waals surface area contributed by atoms with Crippen LogP contribution in [0.2, 0.25) is 0 Å². The lowest BCUT2D eigenvalue weighted by molar-refractivity contribution is -0.138. The summed E-state index contributed by atoms with van der Waals surface area (Å²) in [4.78, 5) is 28.6. The molecule has 2 aliphatic rings. The van der Waals surface area contributed by atoms with Crippen LogP contribution >= 0.6 is 0 Å². The van der Waals surface area contributed by atoms with Crippen molar-refractivity contribution >= 4 is 11.8 Å². The van der Waals surface area contributed by atoms with Crippen molar-refractivity contribution in [3.8, 4) is 0 Å². The van der Waals surface area contributed by atoms with Crippen LogP contribution in [0.25, 0.3) is 0 Å². The first-order valence-electron chi connectivity index (χ1n) is 8.69. The van der Waals surface area contributed by atoms with Gasteiger partial charge >= 0.3 is 0 Å². The number of hydrogen-bond donors (Lipinski definition) is 0. The van der Waals surface area contributed by atoms with Crippen LogP contribution in [-0.2, 0) is 4.79 Å². The Balaban J connectivity index is 1.65. The minimum absolute atomic E-state index is 0.0639. The zero-order valence-electron chi connectivity index (χ0n) is 14.6. The van der Waals surface area contributed by atoms with Crippen molar-refractivity contribution in [1.82, 2.24) is 9.80 Å². The first-order valence-corrected chi connectivity index (χ1v) is 8.69. The van der Waals surface area contributed by atoms with E-state index in [1.807, 2.05) is 29.7 Å². The standard InChI is InChI=1S/C19H26N2O3/c1-4-9-21-13-19(6-5-17(21)22)7-10-20(11-8-19)18(23)16-12-14(2)24-15(16)3/h4,12H,1,5-11,13H2,2-3H3. The molecule has 0 bridgehead atoms. The van der Waals surface area contributed by atoms with E-state index in [0.717, 1.165) is 44.7 Å². The Morgan fingerprint density at radius 3 is 2.62 bits per heavy atom. The maximum atomic E-state index is 12.7. The molecular formula is C19H26N2O3. The molecule has 0 N–H and O–H groups in total. The highest BCUT2D eigenvalue weighted by Gasteiger charge is 2.41. The molecule has 0 atom stereocenters. The Bertz CT molecular complexity index is 654. The highest BCUT2D eigenvalue weighted by atomic mass is 16.3. The van der Waals surface area contributed by atoms with Gasteiger partial charge in [0.25, 0.3) is 5.91 Å². The Labute approximate surface area is 143 Å². The summed E-state index contributed by atoms with van der Waals surface area (Å²) in [7, 11) is 0. The Hall–Kier alpha value is -2.04. The average Bonchev–Trinajstić information content (AvgIpc) is 2.90. The molecule has 5 heteroatoms. The molecule has 2 saturated heterocycles. The molecule has 2 fully saturated rings. The van der Waals surface area contributed by atoms with Crippen molar-refractivity contribution in [3.63, 3.8) is 0 Å². The number of likely N-dealkylation sites (tertiary alicyclic amines) is 2. The van der Waals surface area contributed by atoms with Crippen molar-refractivity contribution in [3.05, 3.63) is 35.8 Å². The van der Waals surface area contributed by atoms with Gasteiger partial charge in [0.15, 0.2) is 0 Å². The van der Waals surface area contributed by atoms with E-state index in [2.05, 4.69) is 6.58 Å². The number of piperidine rings is 2. The highest BCUT2D eigenvalue weighted by Crippen LogP contribution is 2.40. The van der Waals surface area contributed by atoms with E-state index in [1.54, 1.807) is 6.08 Å². The fourth-order valence-corrected chi connectivity index (χ4v) is 4.03. The van der Waals surface area contributed by atoms with Gasteiger partial charge in [0.05, 0.1) is 5.56 Å². The molecule has 0 aliphatic carbocycles. The molecule has 1 aromatic heterocycles. The molecule has 0 aromatic carbocycles. The molecule has 3 rings (SSSR count). The first kappa shape index (κ1) is 16.8. The van der Waals surface area contributed by atoms with E-state index < -0.39 is 0 Å². The molecule has 0 saturated carbocycles. The van der Waals surface area contributed by atoms with Gasteiger partial charge in [0.1, 0.15) is 11.5 Å². The summed E-state index contributed by atoms with van der Waals surface area (Å²) in [5.74, 6) is 1.76. The molecular weight excluding hydrogens is 304 g/mol. The SMILES string of the molecule is C=CCN1CC2(CCC1=O)CCN(C(=O)c1cc(C)oc1C)CC2. The summed E-state index contributed by atoms with van der Waals surface area (Å²) in [5.41, 5.74) is 0.838. The Morgan fingerprint density at radius 2 is 2.04 bits per heavy atom. The number of furan rings is 1. The lowest BCUT2D eigenvalue weighted by atomic mass is 9.72. The zero-order valence-corrected chi connectivity index (χ0v) is 14.6. The second-order valence-electron chi connectivity index (χ2n) is 7.18. The smallest absolute Gasteiger partial charge is 0.257 e. The van der Waals surface area contributed by atoms with Gasteiger partial charge < -0.3 is 14.2 Å². The van der Waals surface area contributed by atoms with Crippen molar-refractivity contribution in [2.45, 2.75) is 39.5 Å². The lowest BCUT2D eigenvalue weighted by Gasteiger charge is -2.47. The molecule has 3 heterocycles. The predicted molar refractivity (Wildman–Crippen MR) is 91.8 cm³/mol. The van der Waals surface area contributed by atoms with Gasteiger partial charge in [0, 0.05) is 32.6 Å². The highest BCUT2D eigenvalue weighted by molar-refractivity contribution is 5.95. The largest absolute Gasteiger partial charge is 0.466 e. The topological polar surface area (TPSA) is 53.8 Å². The summed E-state index contributed by atoms with van der Waals surface area (Å²) in [6, 6.07) is 1.83. The minimum Gasteiger partial charge on any atom is -0.466 e. The summed E-state index contributed by atoms with van der Waals surface area (Å²) in [6.45, 7) is 10.4. The fourth-order valence-electron chi connectivity index (χ4n) is 4.03. The maximum Gasteiger partial charge on any atom is 0.257 e. The third kappa shape index (κ3) is 3.12. The van der Waals surface area contributed by atoms with Crippen LogP contribution in [0, 0.1) is 19.3 Å². The van der Waals surface area contributed by atoms with Gasteiger partial charge in [-0.1, -0.05) is 6.08 Å². The van der Waals surface area contributed by atoms with Crippen LogP contribution in [-0.4, -0.2) is 47.8 Å². The summed E-state index contributed by atoms with van der Waals surface area (Å²) >= 11 is 0. The van der Waals surface area contributed by atoms with Gasteiger partial charge in [-0.25, -0.2) is 0 Å². The van der Waals surface area contributed by atoms with E-state index in [-0.39, 0.29) is 17.2 Å². The zero-order chi connectivity index (χ0) is 17.3. The van der Waals surface area contributed by atoms with Crippen molar-refractivity contribution in [1.29, 1.82) is 0 Å². The molecule has 1 spiro atoms. The van der Waals surface area contributed by atoms with Gasteiger partial charge in [-0.3, -0.25) is 9.59 Å². The third-order valence-corrected chi connectivity index (χ3v) is 5.48. The molecule has 5 nitrogen and oxygen atoms in total. The fraction of sp³-hybridized carbons (Fsp3) is 0.579. The molecule has 2 amide bonds. The van der Waals surface area contributed by atoms with E-state index in [1.165, 1.54) is 0 Å². The number of nitrogens with zero attached hydrogens (tertiary/aromatic N) is 2. The summed E-state index contributed by atoms with van der Waals surface area (Å²) < 4.78 is 5.49. The third-order valence-electron chi connectivity index (χ3n) is 5.48. The summed E-state index contributed by atoms with van der Waals surface area (Å²) in [6.07, 6.45) is 5.25. The predicted octanol–water partition coefficient (Wildman–Crippen LogP) is 2.93. The number of rotatable bonds is 3. The van der Waals surface area contributed by atoms with E-state index in [0.29, 0.717) is 24.3 Å². The number of carbonyl (C=O) groups excluding carboxylic acids is 2. The molecule has 2 aliphatic heterocycles. The number of carbonyl (C=O) groups is 2. The van der Waals surface area contributed by atoms with Crippen LogP contribution in [0.15, 0.2) is 23.1 Å². The van der Waals surface area contributed by atoms with Crippen LogP contribution in [0.3, 0.4) is 0 Å². The first-order chi connectivity index (χ1) is 11.4. The molecule has 0 radical (unpaired) electrons. The molecule has 0 unspecified atom stereocenters. The van der Waals surface area contributed by atoms with Crippen molar-refractivity contribution < 1.29 is 14.0 Å². The van der Waals surface area contributed by atoms with Gasteiger partial charge in [-0.2, -0.15) is 0 Å². The van der Waals surface area contributed by atoms with E-state index in [9.17, 15) is 9.59 Å². The van der Waals surface area contributed by atoms with Gasteiger partial charge in [-0.05, 0) is 44.6 Å². The van der Waals surface area contributed by atoms with Gasteiger partial charge in [-0.15, -0.1) is 6.58 Å². The summed E-state index contributed by atoms with van der Waals surface area (Å²) in [5, 5.41) is 0. The van der Waals surface area contributed by atoms with Crippen LogP contribution in [0.4, 0.5) is 0 Å². The number of amides is 2. The second kappa shape index (κ2) is 6.46. The van der Waals surface area contributed by atoms with Crippen LogP contribution in [0.1, 0.15) is 47.6 Å². The average molecular weight is 330 g/mol. The maximum absolute atomic E-state index is 12.7. The lowest BCUT2D eigenvalue weighted by Crippen LogP contribution is -2.52. The Morgan fingerprint density at radius 1 is 1.33 bits per heavy atom. The molecule has 24 heavy (non-hydrogen) atoms. The number of hydrogen-bond acceptors (Lipinski definition) is 3. The van der Waals surface area contributed by atoms with Crippen LogP contribution in [0.5, 0.6) is 0 Å². The number of aryl methyl sites for hydroxylation is 2. The molecule has 130 valence electrons. The Kier molecular flexibility index (Phi) is 4.52. The second-order valence-corrected chi connectivity index (χ2v) is 7.18. The van der Waals surface area contributed by atoms with Crippen LogP contribution < -0.4 is 0 Å². The van der Waals surface area contributed by atoms with Crippen molar-refractivity contribution in [2.75, 3.05) is 26.2 Å². The van der Waals surface area contributed by atoms with E-state index >= 15 is 0 Å². The normalized spacial score (nSPS) is 20.5. The van der Waals surface area contributed by atoms with E-state index in [4.69, 9.17) is 4.42 Å². The van der Waals surface area contributed by atoms with Crippen molar-refractivity contribution in [2.24, 2.45) is 5.41 Å². The van der Waals surface area contributed by atoms with Gasteiger partial charge in [0.2, 0.25) is 5.91 Å². The monoisotopic (exact) mass is 330 g/mol. The minimum atomic E-state index is 0.0639.